The normalized spacial score (nSPS) is 10.9. The molecule has 4 aromatic carbocycles. The number of phenols is 2. The predicted octanol–water partition coefficient (Wildman–Crippen LogP) is 6.38. The van der Waals surface area contributed by atoms with Gasteiger partial charge in [-0.2, -0.15) is 0 Å². The van der Waals surface area contributed by atoms with Gasteiger partial charge in [0, 0.05) is 13.0 Å². The van der Waals surface area contributed by atoms with Crippen LogP contribution < -0.4 is 5.32 Å². The molecule has 0 unspecified atom stereocenters. The first kappa shape index (κ1) is 23.4. The third-order valence-electron chi connectivity index (χ3n) is 6.20. The molecule has 174 valence electrons. The molecule has 0 aliphatic rings. The molecule has 3 N–H and O–H groups in total. The fourth-order valence-electron chi connectivity index (χ4n) is 4.38. The van der Waals surface area contributed by atoms with Gasteiger partial charge in [0.1, 0.15) is 11.5 Å². The van der Waals surface area contributed by atoms with Crippen molar-refractivity contribution >= 4 is 16.7 Å². The molecule has 0 saturated heterocycles. The first-order valence-corrected chi connectivity index (χ1v) is 11.9. The lowest BCUT2D eigenvalue weighted by Gasteiger charge is -2.14. The minimum Gasteiger partial charge on any atom is -0.508 e. The molecule has 34 heavy (non-hydrogen) atoms. The fourth-order valence-corrected chi connectivity index (χ4v) is 4.38. The van der Waals surface area contributed by atoms with E-state index in [0.29, 0.717) is 13.0 Å². The van der Waals surface area contributed by atoms with Gasteiger partial charge in [-0.05, 0) is 83.0 Å². The van der Waals surface area contributed by atoms with E-state index in [1.165, 1.54) is 11.1 Å². The van der Waals surface area contributed by atoms with E-state index in [1.807, 2.05) is 54.6 Å². The number of amides is 1. The Kier molecular flexibility index (Phi) is 7.82. The molecule has 4 heteroatoms. The smallest absolute Gasteiger partial charge is 0.220 e. The van der Waals surface area contributed by atoms with E-state index in [0.717, 1.165) is 54.0 Å². The van der Waals surface area contributed by atoms with E-state index in [9.17, 15) is 15.0 Å². The summed E-state index contributed by atoms with van der Waals surface area (Å²) in [5, 5.41) is 24.8. The molecule has 0 heterocycles. The van der Waals surface area contributed by atoms with Gasteiger partial charge < -0.3 is 15.5 Å². The van der Waals surface area contributed by atoms with Crippen LogP contribution in [0.25, 0.3) is 21.9 Å². The number of hydrogen-bond donors (Lipinski definition) is 3. The van der Waals surface area contributed by atoms with E-state index >= 15 is 0 Å². The minimum atomic E-state index is 0.104. The molecule has 4 rings (SSSR count). The summed E-state index contributed by atoms with van der Waals surface area (Å²) in [5.74, 6) is 0.619. The van der Waals surface area contributed by atoms with Gasteiger partial charge in [0.2, 0.25) is 5.91 Å². The average Bonchev–Trinajstić information content (AvgIpc) is 2.86. The molecule has 0 aliphatic heterocycles. The molecule has 0 saturated carbocycles. The van der Waals surface area contributed by atoms with Crippen LogP contribution in [0.2, 0.25) is 0 Å². The van der Waals surface area contributed by atoms with Crippen LogP contribution >= 0.6 is 0 Å². The van der Waals surface area contributed by atoms with Gasteiger partial charge in [0.15, 0.2) is 0 Å². The molecule has 4 nitrogen and oxygen atoms in total. The molecule has 1 amide bonds. The van der Waals surface area contributed by atoms with E-state index in [-0.39, 0.29) is 17.4 Å². The maximum atomic E-state index is 12.1. The van der Waals surface area contributed by atoms with Crippen LogP contribution in [0.5, 0.6) is 11.5 Å². The molecular weight excluding hydrogens is 422 g/mol. The van der Waals surface area contributed by atoms with Gasteiger partial charge in [0.25, 0.3) is 0 Å². The Bertz CT molecular complexity index is 1230. The van der Waals surface area contributed by atoms with Crippen molar-refractivity contribution in [1.82, 2.24) is 5.32 Å². The summed E-state index contributed by atoms with van der Waals surface area (Å²) in [6, 6.07) is 27.0. The quantitative estimate of drug-likeness (QED) is 0.244. The molecule has 0 radical (unpaired) electrons. The van der Waals surface area contributed by atoms with Gasteiger partial charge in [-0.15, -0.1) is 0 Å². The Balaban J connectivity index is 1.33. The Hall–Kier alpha value is -3.79. The molecular formula is C30H31NO3. The number of nitrogens with one attached hydrogen (secondary N) is 1. The zero-order valence-electron chi connectivity index (χ0n) is 19.3. The highest BCUT2D eigenvalue weighted by atomic mass is 16.3. The monoisotopic (exact) mass is 453 g/mol. The molecule has 0 aliphatic carbocycles. The highest BCUT2D eigenvalue weighted by Crippen LogP contribution is 2.33. The molecule has 0 spiro atoms. The Morgan fingerprint density at radius 3 is 2.29 bits per heavy atom. The first-order chi connectivity index (χ1) is 16.6. The van der Waals surface area contributed by atoms with Crippen molar-refractivity contribution in [3.8, 4) is 22.6 Å². The second-order valence-electron chi connectivity index (χ2n) is 8.69. The van der Waals surface area contributed by atoms with Crippen LogP contribution in [0.15, 0.2) is 84.9 Å². The van der Waals surface area contributed by atoms with Crippen LogP contribution in [0, 0.1) is 0 Å². The van der Waals surface area contributed by atoms with Crippen LogP contribution in [0.3, 0.4) is 0 Å². The Labute approximate surface area is 200 Å². The Morgan fingerprint density at radius 1 is 0.735 bits per heavy atom. The molecule has 4 aromatic rings. The number of carbonyl (C=O) groups is 1. The number of aromatic hydroxyl groups is 2. The number of unbranched alkanes of at least 4 members (excludes halogenated alkanes) is 2. The molecule has 0 bridgehead atoms. The lowest BCUT2D eigenvalue weighted by molar-refractivity contribution is -0.121. The van der Waals surface area contributed by atoms with Gasteiger partial charge in [-0.25, -0.2) is 0 Å². The molecule has 0 aromatic heterocycles. The van der Waals surface area contributed by atoms with Crippen molar-refractivity contribution in [2.75, 3.05) is 6.54 Å². The summed E-state index contributed by atoms with van der Waals surface area (Å²) in [4.78, 5) is 12.1. The predicted molar refractivity (Wildman–Crippen MR) is 138 cm³/mol. The lowest BCUT2D eigenvalue weighted by Crippen LogP contribution is -2.24. The number of hydrogen-bond acceptors (Lipinski definition) is 3. The van der Waals surface area contributed by atoms with E-state index < -0.39 is 0 Å². The second-order valence-corrected chi connectivity index (χ2v) is 8.69. The van der Waals surface area contributed by atoms with Gasteiger partial charge in [0.05, 0.1) is 0 Å². The average molecular weight is 454 g/mol. The van der Waals surface area contributed by atoms with E-state index in [2.05, 4.69) is 11.4 Å². The van der Waals surface area contributed by atoms with Crippen LogP contribution in [-0.4, -0.2) is 22.7 Å². The maximum absolute atomic E-state index is 12.1. The van der Waals surface area contributed by atoms with E-state index in [1.54, 1.807) is 24.3 Å². The van der Waals surface area contributed by atoms with Gasteiger partial charge >= 0.3 is 0 Å². The summed E-state index contributed by atoms with van der Waals surface area (Å²) in [5.41, 5.74) is 4.64. The fraction of sp³-hybridized carbons (Fsp3) is 0.233. The number of aryl methyl sites for hydroxylation is 2. The van der Waals surface area contributed by atoms with Crippen molar-refractivity contribution in [3.63, 3.8) is 0 Å². The largest absolute Gasteiger partial charge is 0.508 e. The summed E-state index contributed by atoms with van der Waals surface area (Å²) >= 11 is 0. The minimum absolute atomic E-state index is 0.104. The summed E-state index contributed by atoms with van der Waals surface area (Å²) in [6.07, 6.45) is 5.15. The number of fused-ring (bicyclic) bond motifs is 1. The van der Waals surface area contributed by atoms with E-state index in [4.69, 9.17) is 0 Å². The Morgan fingerprint density at radius 2 is 1.50 bits per heavy atom. The maximum Gasteiger partial charge on any atom is 0.220 e. The van der Waals surface area contributed by atoms with Crippen LogP contribution in [0.4, 0.5) is 0 Å². The SMILES string of the molecule is O=C(CCc1ccccc1)NCCCCCc1c(-c2ccc(O)cc2)ccc2cc(O)ccc12. The lowest BCUT2D eigenvalue weighted by atomic mass is 9.91. The van der Waals surface area contributed by atoms with Crippen molar-refractivity contribution in [2.24, 2.45) is 0 Å². The number of rotatable bonds is 10. The van der Waals surface area contributed by atoms with Crippen molar-refractivity contribution in [2.45, 2.75) is 38.5 Å². The molecule has 0 atom stereocenters. The standard InChI is InChI=1S/C30H31NO3/c32-25-14-11-23(12-15-25)27-17-13-24-21-26(33)16-18-28(24)29(27)9-5-2-6-20-31-30(34)19-10-22-7-3-1-4-8-22/h1,3-4,7-8,11-18,21,32-33H,2,5-6,9-10,19-20H2,(H,31,34). The number of benzene rings is 4. The third kappa shape index (κ3) is 6.16. The molecule has 0 fully saturated rings. The third-order valence-corrected chi connectivity index (χ3v) is 6.20. The summed E-state index contributed by atoms with van der Waals surface area (Å²) in [6.45, 7) is 0.696. The van der Waals surface area contributed by atoms with Gasteiger partial charge in [-0.3, -0.25) is 4.79 Å². The van der Waals surface area contributed by atoms with Crippen molar-refractivity contribution in [3.05, 3.63) is 96.1 Å². The van der Waals surface area contributed by atoms with Crippen molar-refractivity contribution in [1.29, 1.82) is 0 Å². The summed E-state index contributed by atoms with van der Waals surface area (Å²) in [7, 11) is 0. The zero-order chi connectivity index (χ0) is 23.8. The topological polar surface area (TPSA) is 69.6 Å². The van der Waals surface area contributed by atoms with Crippen molar-refractivity contribution < 1.29 is 15.0 Å². The second kappa shape index (κ2) is 11.4. The first-order valence-electron chi connectivity index (χ1n) is 11.9. The highest BCUT2D eigenvalue weighted by molar-refractivity contribution is 5.92. The van der Waals surface area contributed by atoms with Crippen LogP contribution in [-0.2, 0) is 17.6 Å². The zero-order valence-corrected chi connectivity index (χ0v) is 19.3. The number of phenolic OH excluding ortho intramolecular Hbond substituents is 2. The summed E-state index contributed by atoms with van der Waals surface area (Å²) < 4.78 is 0. The number of carbonyl (C=O) groups excluding carboxylic acids is 1. The highest BCUT2D eigenvalue weighted by Gasteiger charge is 2.11. The van der Waals surface area contributed by atoms with Crippen LogP contribution in [0.1, 0.15) is 36.8 Å². The van der Waals surface area contributed by atoms with Gasteiger partial charge in [-0.1, -0.05) is 67.1 Å².